The molecule has 1 amide bonds. The van der Waals surface area contributed by atoms with Gasteiger partial charge in [0.05, 0.1) is 0 Å². The van der Waals surface area contributed by atoms with Crippen LogP contribution in [0, 0.1) is 0 Å². The predicted molar refractivity (Wildman–Crippen MR) is 76.2 cm³/mol. The van der Waals surface area contributed by atoms with Gasteiger partial charge < -0.3 is 15.7 Å². The van der Waals surface area contributed by atoms with Crippen molar-refractivity contribution in [2.75, 3.05) is 10.6 Å². The summed E-state index contributed by atoms with van der Waals surface area (Å²) in [5.74, 6) is 0.172. The average molecular weight is 256 g/mol. The lowest BCUT2D eigenvalue weighted by Gasteiger charge is -2.09. The Balaban J connectivity index is 2.03. The fourth-order valence-electron chi connectivity index (χ4n) is 1.77. The number of anilines is 2. The lowest BCUT2D eigenvalue weighted by atomic mass is 10.2. The lowest BCUT2D eigenvalue weighted by molar-refractivity contribution is -0.114. The molecular formula is C15H16N2O2. The van der Waals surface area contributed by atoms with E-state index in [0.717, 1.165) is 16.9 Å². The van der Waals surface area contributed by atoms with Gasteiger partial charge >= 0.3 is 0 Å². The van der Waals surface area contributed by atoms with Crippen molar-refractivity contribution in [2.24, 2.45) is 0 Å². The van der Waals surface area contributed by atoms with Crippen molar-refractivity contribution >= 4 is 17.3 Å². The van der Waals surface area contributed by atoms with Gasteiger partial charge in [-0.1, -0.05) is 24.3 Å². The maximum atomic E-state index is 11.0. The zero-order valence-corrected chi connectivity index (χ0v) is 10.7. The van der Waals surface area contributed by atoms with Crippen LogP contribution in [0.2, 0.25) is 0 Å². The molecule has 0 aliphatic carbocycles. The summed E-state index contributed by atoms with van der Waals surface area (Å²) in [6.07, 6.45) is 0. The average Bonchev–Trinajstić information content (AvgIpc) is 2.37. The molecule has 0 aliphatic heterocycles. The third-order valence-corrected chi connectivity index (χ3v) is 2.66. The summed E-state index contributed by atoms with van der Waals surface area (Å²) in [5.41, 5.74) is 2.46. The van der Waals surface area contributed by atoms with E-state index >= 15 is 0 Å². The molecule has 2 aromatic rings. The highest BCUT2D eigenvalue weighted by Gasteiger charge is 2.01. The van der Waals surface area contributed by atoms with Crippen LogP contribution in [0.4, 0.5) is 11.4 Å². The van der Waals surface area contributed by atoms with Crippen molar-refractivity contribution in [2.45, 2.75) is 13.5 Å². The maximum Gasteiger partial charge on any atom is 0.221 e. The Morgan fingerprint density at radius 2 is 1.84 bits per heavy atom. The molecule has 0 atom stereocenters. The summed E-state index contributed by atoms with van der Waals surface area (Å²) in [6, 6.07) is 14.6. The monoisotopic (exact) mass is 256 g/mol. The zero-order chi connectivity index (χ0) is 13.7. The topological polar surface area (TPSA) is 61.4 Å². The highest BCUT2D eigenvalue weighted by Crippen LogP contribution is 2.19. The molecule has 2 aromatic carbocycles. The van der Waals surface area contributed by atoms with Crippen molar-refractivity contribution in [3.8, 4) is 5.75 Å². The SMILES string of the molecule is CC(=O)Nc1cccc(NCc2ccccc2O)c1. The van der Waals surface area contributed by atoms with Crippen LogP contribution in [-0.4, -0.2) is 11.0 Å². The minimum absolute atomic E-state index is 0.0992. The number of hydrogen-bond donors (Lipinski definition) is 3. The lowest BCUT2D eigenvalue weighted by Crippen LogP contribution is -2.06. The highest BCUT2D eigenvalue weighted by molar-refractivity contribution is 5.89. The van der Waals surface area contributed by atoms with Crippen molar-refractivity contribution in [1.82, 2.24) is 0 Å². The van der Waals surface area contributed by atoms with Gasteiger partial charge in [-0.2, -0.15) is 0 Å². The maximum absolute atomic E-state index is 11.0. The van der Waals surface area contributed by atoms with Crippen LogP contribution in [0.5, 0.6) is 5.75 Å². The summed E-state index contributed by atoms with van der Waals surface area (Å²) >= 11 is 0. The second kappa shape index (κ2) is 5.91. The number of phenols is 1. The summed E-state index contributed by atoms with van der Waals surface area (Å²) in [5, 5.41) is 15.6. The number of carbonyl (C=O) groups excluding carboxylic acids is 1. The highest BCUT2D eigenvalue weighted by atomic mass is 16.3. The van der Waals surface area contributed by atoms with E-state index in [1.807, 2.05) is 36.4 Å². The minimum atomic E-state index is -0.0992. The summed E-state index contributed by atoms with van der Waals surface area (Å²) in [4.78, 5) is 11.0. The normalized spacial score (nSPS) is 9.95. The second-order valence-electron chi connectivity index (χ2n) is 4.24. The Kier molecular flexibility index (Phi) is 4.03. The number of aromatic hydroxyl groups is 1. The van der Waals surface area contributed by atoms with Crippen LogP contribution in [0.25, 0.3) is 0 Å². The van der Waals surface area contributed by atoms with Crippen LogP contribution >= 0.6 is 0 Å². The Bertz CT molecular complexity index is 582. The van der Waals surface area contributed by atoms with Gasteiger partial charge in [-0.3, -0.25) is 4.79 Å². The molecule has 0 saturated carbocycles. The Morgan fingerprint density at radius 3 is 2.58 bits per heavy atom. The fourth-order valence-corrected chi connectivity index (χ4v) is 1.77. The first-order chi connectivity index (χ1) is 9.15. The van der Waals surface area contributed by atoms with Gasteiger partial charge in [-0.05, 0) is 24.3 Å². The van der Waals surface area contributed by atoms with E-state index in [-0.39, 0.29) is 11.7 Å². The Morgan fingerprint density at radius 1 is 1.11 bits per heavy atom. The molecule has 0 aromatic heterocycles. The molecule has 0 aliphatic rings. The molecule has 0 spiro atoms. The predicted octanol–water partition coefficient (Wildman–Crippen LogP) is 2.96. The number of hydrogen-bond acceptors (Lipinski definition) is 3. The van der Waals surface area contributed by atoms with E-state index in [4.69, 9.17) is 0 Å². The summed E-state index contributed by atoms with van der Waals surface area (Å²) in [6.45, 7) is 2.00. The number of carbonyl (C=O) groups is 1. The first-order valence-electron chi connectivity index (χ1n) is 6.03. The van der Waals surface area contributed by atoms with Crippen molar-refractivity contribution in [3.05, 3.63) is 54.1 Å². The molecule has 0 unspecified atom stereocenters. The number of nitrogens with one attached hydrogen (secondary N) is 2. The van der Waals surface area contributed by atoms with Gasteiger partial charge in [0.15, 0.2) is 0 Å². The second-order valence-corrected chi connectivity index (χ2v) is 4.24. The van der Waals surface area contributed by atoms with E-state index in [1.165, 1.54) is 6.92 Å². The third kappa shape index (κ3) is 3.74. The van der Waals surface area contributed by atoms with Gasteiger partial charge in [-0.25, -0.2) is 0 Å². The molecular weight excluding hydrogens is 240 g/mol. The first-order valence-corrected chi connectivity index (χ1v) is 6.03. The van der Waals surface area contributed by atoms with E-state index < -0.39 is 0 Å². The molecule has 0 saturated heterocycles. The molecule has 0 bridgehead atoms. The van der Waals surface area contributed by atoms with Gasteiger partial charge in [-0.15, -0.1) is 0 Å². The third-order valence-electron chi connectivity index (χ3n) is 2.66. The fraction of sp³-hybridized carbons (Fsp3) is 0.133. The number of amides is 1. The van der Waals surface area contributed by atoms with E-state index in [1.54, 1.807) is 12.1 Å². The molecule has 2 rings (SSSR count). The number of rotatable bonds is 4. The number of benzene rings is 2. The van der Waals surface area contributed by atoms with E-state index in [9.17, 15) is 9.90 Å². The van der Waals surface area contributed by atoms with Gasteiger partial charge in [0, 0.05) is 30.4 Å². The summed E-state index contributed by atoms with van der Waals surface area (Å²) in [7, 11) is 0. The standard InChI is InChI=1S/C15H16N2O2/c1-11(18)17-14-7-4-6-13(9-14)16-10-12-5-2-3-8-15(12)19/h2-9,16,19H,10H2,1H3,(H,17,18). The van der Waals surface area contributed by atoms with E-state index in [2.05, 4.69) is 10.6 Å². The summed E-state index contributed by atoms with van der Waals surface area (Å²) < 4.78 is 0. The molecule has 0 heterocycles. The molecule has 4 nitrogen and oxygen atoms in total. The van der Waals surface area contributed by atoms with Gasteiger partial charge in [0.25, 0.3) is 0 Å². The van der Waals surface area contributed by atoms with Crippen molar-refractivity contribution in [3.63, 3.8) is 0 Å². The molecule has 98 valence electrons. The minimum Gasteiger partial charge on any atom is -0.508 e. The first kappa shape index (κ1) is 13.0. The largest absolute Gasteiger partial charge is 0.508 e. The molecule has 19 heavy (non-hydrogen) atoms. The zero-order valence-electron chi connectivity index (χ0n) is 10.7. The quantitative estimate of drug-likeness (QED) is 0.788. The molecule has 0 radical (unpaired) electrons. The van der Waals surface area contributed by atoms with Crippen LogP contribution in [-0.2, 0) is 11.3 Å². The van der Waals surface area contributed by atoms with Gasteiger partial charge in [0.1, 0.15) is 5.75 Å². The molecule has 4 heteroatoms. The van der Waals surface area contributed by atoms with Crippen LogP contribution in [0.3, 0.4) is 0 Å². The number of phenolic OH excluding ortho intramolecular Hbond substituents is 1. The van der Waals surface area contributed by atoms with Crippen LogP contribution < -0.4 is 10.6 Å². The smallest absolute Gasteiger partial charge is 0.221 e. The van der Waals surface area contributed by atoms with Gasteiger partial charge in [0.2, 0.25) is 5.91 Å². The van der Waals surface area contributed by atoms with Crippen LogP contribution in [0.1, 0.15) is 12.5 Å². The molecule has 3 N–H and O–H groups in total. The molecule has 0 fully saturated rings. The van der Waals surface area contributed by atoms with Crippen LogP contribution in [0.15, 0.2) is 48.5 Å². The van der Waals surface area contributed by atoms with Crippen molar-refractivity contribution in [1.29, 1.82) is 0 Å². The Labute approximate surface area is 112 Å². The Hall–Kier alpha value is -2.49. The van der Waals surface area contributed by atoms with Crippen molar-refractivity contribution < 1.29 is 9.90 Å². The van der Waals surface area contributed by atoms with E-state index in [0.29, 0.717) is 6.54 Å². The number of para-hydroxylation sites is 1.